The van der Waals surface area contributed by atoms with Gasteiger partial charge in [0.05, 0.1) is 12.2 Å². The summed E-state index contributed by atoms with van der Waals surface area (Å²) in [5.41, 5.74) is 3.53. The van der Waals surface area contributed by atoms with Crippen LogP contribution >= 0.6 is 0 Å². The number of amides is 1. The monoisotopic (exact) mass is 339 g/mol. The quantitative estimate of drug-likeness (QED) is 0.685. The zero-order valence-corrected chi connectivity index (χ0v) is 14.6. The molecule has 130 valence electrons. The molecule has 3 rings (SSSR count). The third-order valence-electron chi connectivity index (χ3n) is 4.00. The molecule has 0 spiro atoms. The van der Waals surface area contributed by atoms with Gasteiger partial charge in [0.1, 0.15) is 6.54 Å². The molecule has 2 aromatic rings. The number of nitrogens with zero attached hydrogens (tertiary/aromatic N) is 2. The number of benzene rings is 2. The summed E-state index contributed by atoms with van der Waals surface area (Å²) in [6.45, 7) is 2.07. The van der Waals surface area contributed by atoms with Gasteiger partial charge in [-0.1, -0.05) is 6.07 Å². The van der Waals surface area contributed by atoms with Crippen LogP contribution in [0.1, 0.15) is 5.56 Å². The maximum atomic E-state index is 12.4. The molecular weight excluding hydrogens is 318 g/mol. The van der Waals surface area contributed by atoms with E-state index in [1.807, 2.05) is 62.3 Å². The van der Waals surface area contributed by atoms with Gasteiger partial charge in [-0.05, 0) is 48.9 Å². The SMILES string of the molecule is Cc1ccc2c(c1)OC(=O)CN2CC(=O)Nc1ccc(N(C)C)cc1. The lowest BCUT2D eigenvalue weighted by molar-refractivity contribution is -0.133. The zero-order valence-electron chi connectivity index (χ0n) is 14.6. The molecule has 6 nitrogen and oxygen atoms in total. The molecule has 2 aromatic carbocycles. The van der Waals surface area contributed by atoms with Crippen LogP contribution in [-0.2, 0) is 9.59 Å². The van der Waals surface area contributed by atoms with Crippen LogP contribution in [0, 0.1) is 6.92 Å². The maximum absolute atomic E-state index is 12.4. The Balaban J connectivity index is 1.70. The number of anilines is 3. The molecule has 25 heavy (non-hydrogen) atoms. The summed E-state index contributed by atoms with van der Waals surface area (Å²) < 4.78 is 5.26. The Morgan fingerprint density at radius 2 is 1.92 bits per heavy atom. The molecule has 0 atom stereocenters. The Labute approximate surface area is 147 Å². The van der Waals surface area contributed by atoms with Gasteiger partial charge in [-0.2, -0.15) is 0 Å². The highest BCUT2D eigenvalue weighted by Gasteiger charge is 2.25. The Morgan fingerprint density at radius 1 is 1.20 bits per heavy atom. The fraction of sp³-hybridized carbons (Fsp3) is 0.263. The first-order chi connectivity index (χ1) is 11.9. The molecule has 0 fully saturated rings. The first-order valence-electron chi connectivity index (χ1n) is 8.06. The molecule has 0 unspecified atom stereocenters. The number of fused-ring (bicyclic) bond motifs is 1. The molecule has 1 N–H and O–H groups in total. The second kappa shape index (κ2) is 6.84. The number of esters is 1. The van der Waals surface area contributed by atoms with Gasteiger partial charge in [0.2, 0.25) is 5.91 Å². The molecule has 0 saturated heterocycles. The third-order valence-corrected chi connectivity index (χ3v) is 4.00. The first-order valence-corrected chi connectivity index (χ1v) is 8.06. The highest BCUT2D eigenvalue weighted by molar-refractivity contribution is 5.96. The number of aryl methyl sites for hydroxylation is 1. The van der Waals surface area contributed by atoms with Gasteiger partial charge < -0.3 is 19.9 Å². The molecule has 1 amide bonds. The lowest BCUT2D eigenvalue weighted by Crippen LogP contribution is -2.41. The number of carbonyl (C=O) groups excluding carboxylic acids is 2. The fourth-order valence-electron chi connectivity index (χ4n) is 2.72. The summed E-state index contributed by atoms with van der Waals surface area (Å²) in [4.78, 5) is 27.9. The van der Waals surface area contributed by atoms with Crippen LogP contribution in [0.3, 0.4) is 0 Å². The van der Waals surface area contributed by atoms with Gasteiger partial charge in [-0.15, -0.1) is 0 Å². The van der Waals surface area contributed by atoms with E-state index in [4.69, 9.17) is 4.74 Å². The molecule has 1 heterocycles. The van der Waals surface area contributed by atoms with Crippen LogP contribution in [-0.4, -0.2) is 39.1 Å². The van der Waals surface area contributed by atoms with Gasteiger partial charge in [-0.25, -0.2) is 4.79 Å². The van der Waals surface area contributed by atoms with Crippen molar-refractivity contribution in [2.24, 2.45) is 0 Å². The number of carbonyl (C=O) groups is 2. The molecular formula is C19H21N3O3. The van der Waals surface area contributed by atoms with E-state index in [9.17, 15) is 9.59 Å². The predicted molar refractivity (Wildman–Crippen MR) is 98.4 cm³/mol. The maximum Gasteiger partial charge on any atom is 0.331 e. The van der Waals surface area contributed by atoms with Crippen LogP contribution < -0.4 is 19.9 Å². The van der Waals surface area contributed by atoms with Crippen molar-refractivity contribution in [2.75, 3.05) is 42.3 Å². The van der Waals surface area contributed by atoms with Gasteiger partial charge in [0.25, 0.3) is 0 Å². The van der Waals surface area contributed by atoms with E-state index >= 15 is 0 Å². The smallest absolute Gasteiger partial charge is 0.331 e. The molecule has 0 saturated carbocycles. The van der Waals surface area contributed by atoms with Crippen molar-refractivity contribution in [3.05, 3.63) is 48.0 Å². The van der Waals surface area contributed by atoms with Crippen LogP contribution in [0.15, 0.2) is 42.5 Å². The first kappa shape index (κ1) is 16.8. The van der Waals surface area contributed by atoms with Crippen LogP contribution in [0.4, 0.5) is 17.1 Å². The van der Waals surface area contributed by atoms with Gasteiger partial charge in [0, 0.05) is 25.5 Å². The summed E-state index contributed by atoms with van der Waals surface area (Å²) in [7, 11) is 3.92. The highest BCUT2D eigenvalue weighted by atomic mass is 16.5. The molecule has 0 bridgehead atoms. The Bertz CT molecular complexity index is 800. The van der Waals surface area contributed by atoms with Gasteiger partial charge in [0.15, 0.2) is 5.75 Å². The summed E-state index contributed by atoms with van der Waals surface area (Å²) in [5, 5.41) is 2.86. The van der Waals surface area contributed by atoms with Crippen molar-refractivity contribution in [3.63, 3.8) is 0 Å². The van der Waals surface area contributed by atoms with Gasteiger partial charge >= 0.3 is 5.97 Å². The fourth-order valence-corrected chi connectivity index (χ4v) is 2.72. The lowest BCUT2D eigenvalue weighted by Gasteiger charge is -2.29. The van der Waals surface area contributed by atoms with E-state index in [0.29, 0.717) is 5.75 Å². The van der Waals surface area contributed by atoms with Crippen LogP contribution in [0.25, 0.3) is 0 Å². The van der Waals surface area contributed by atoms with E-state index in [0.717, 1.165) is 22.6 Å². The van der Waals surface area contributed by atoms with E-state index in [2.05, 4.69) is 5.32 Å². The molecule has 0 aromatic heterocycles. The number of hydrogen-bond donors (Lipinski definition) is 1. The number of rotatable bonds is 4. The zero-order chi connectivity index (χ0) is 18.0. The summed E-state index contributed by atoms with van der Waals surface area (Å²) in [5.74, 6) is -0.0422. The standard InChI is InChI=1S/C19H21N3O3/c1-13-4-9-16-17(10-13)25-19(24)12-22(16)11-18(23)20-14-5-7-15(8-6-14)21(2)3/h4-10H,11-12H2,1-3H3,(H,20,23). The Hall–Kier alpha value is -3.02. The van der Waals surface area contributed by atoms with Crippen LogP contribution in [0.5, 0.6) is 5.75 Å². The largest absolute Gasteiger partial charge is 0.423 e. The number of nitrogens with one attached hydrogen (secondary N) is 1. The Morgan fingerprint density at radius 3 is 2.60 bits per heavy atom. The highest BCUT2D eigenvalue weighted by Crippen LogP contribution is 2.32. The normalized spacial score (nSPS) is 13.1. The topological polar surface area (TPSA) is 61.9 Å². The minimum atomic E-state index is -0.360. The van der Waals surface area contributed by atoms with Crippen LogP contribution in [0.2, 0.25) is 0 Å². The minimum Gasteiger partial charge on any atom is -0.423 e. The summed E-state index contributed by atoms with van der Waals surface area (Å²) in [6.07, 6.45) is 0. The summed E-state index contributed by atoms with van der Waals surface area (Å²) in [6, 6.07) is 13.2. The second-order valence-electron chi connectivity index (χ2n) is 6.29. The number of ether oxygens (including phenoxy) is 1. The summed E-state index contributed by atoms with van der Waals surface area (Å²) >= 11 is 0. The van der Waals surface area contributed by atoms with E-state index < -0.39 is 0 Å². The lowest BCUT2D eigenvalue weighted by atomic mass is 10.1. The predicted octanol–water partition coefficient (Wildman–Crippen LogP) is 2.43. The van der Waals surface area contributed by atoms with Crippen molar-refractivity contribution >= 4 is 28.9 Å². The van der Waals surface area contributed by atoms with Crippen molar-refractivity contribution in [2.45, 2.75) is 6.92 Å². The molecule has 6 heteroatoms. The van der Waals surface area contributed by atoms with Crippen molar-refractivity contribution < 1.29 is 14.3 Å². The average molecular weight is 339 g/mol. The second-order valence-corrected chi connectivity index (χ2v) is 6.29. The third kappa shape index (κ3) is 3.91. The van der Waals surface area contributed by atoms with E-state index in [-0.39, 0.29) is 25.0 Å². The van der Waals surface area contributed by atoms with E-state index in [1.165, 1.54) is 0 Å². The van der Waals surface area contributed by atoms with Crippen molar-refractivity contribution in [1.82, 2.24) is 0 Å². The van der Waals surface area contributed by atoms with Gasteiger partial charge in [-0.3, -0.25) is 4.79 Å². The van der Waals surface area contributed by atoms with Crippen molar-refractivity contribution in [3.8, 4) is 5.75 Å². The van der Waals surface area contributed by atoms with E-state index in [1.54, 1.807) is 11.0 Å². The Kier molecular flexibility index (Phi) is 4.61. The average Bonchev–Trinajstić information content (AvgIpc) is 2.54. The molecule has 1 aliphatic heterocycles. The molecule has 0 aliphatic carbocycles. The van der Waals surface area contributed by atoms with Crippen molar-refractivity contribution in [1.29, 1.82) is 0 Å². The number of hydrogen-bond acceptors (Lipinski definition) is 5. The molecule has 0 radical (unpaired) electrons. The minimum absolute atomic E-state index is 0.0586. The molecule has 1 aliphatic rings.